The van der Waals surface area contributed by atoms with Crippen molar-refractivity contribution >= 4 is 0 Å². The molecule has 24 heavy (non-hydrogen) atoms. The minimum atomic E-state index is 0.00472. The van der Waals surface area contributed by atoms with Gasteiger partial charge in [-0.1, -0.05) is 18.7 Å². The number of nitrogens with zero attached hydrogens (tertiary/aromatic N) is 1. The molecule has 2 heteroatoms. The molecule has 4 fully saturated rings. The highest BCUT2D eigenvalue weighted by molar-refractivity contribution is 5.18. The Bertz CT molecular complexity index is 551. The molecule has 0 aliphatic heterocycles. The average Bonchev–Trinajstić information content (AvgIpc) is 2.58. The van der Waals surface area contributed by atoms with Crippen LogP contribution in [0.2, 0.25) is 0 Å². The fourth-order valence-corrected chi connectivity index (χ4v) is 8.09. The van der Waals surface area contributed by atoms with Crippen molar-refractivity contribution in [3.8, 4) is 6.57 Å². The van der Waals surface area contributed by atoms with Crippen molar-refractivity contribution in [1.29, 1.82) is 0 Å². The van der Waals surface area contributed by atoms with Crippen LogP contribution in [-0.2, 0) is 0 Å². The van der Waals surface area contributed by atoms with Crippen LogP contribution in [0.5, 0.6) is 0 Å². The van der Waals surface area contributed by atoms with E-state index in [1.54, 1.807) is 0 Å². The maximum absolute atomic E-state index is 6.02. The van der Waals surface area contributed by atoms with Crippen LogP contribution in [0.1, 0.15) is 66.2 Å². The highest BCUT2D eigenvalue weighted by atomic mass is 15.0. The second-order valence-electron chi connectivity index (χ2n) is 10.3. The summed E-state index contributed by atoms with van der Waals surface area (Å²) in [5, 5.41) is 3.74. The first-order valence-corrected chi connectivity index (χ1v) is 10.5. The highest BCUT2D eigenvalue weighted by Gasteiger charge is 2.66. The Morgan fingerprint density at radius 2 is 1.71 bits per heavy atom. The Labute approximate surface area is 149 Å². The average molecular weight is 330 g/mol. The van der Waals surface area contributed by atoms with Gasteiger partial charge in [0.25, 0.3) is 12.1 Å². The third-order valence-corrected chi connectivity index (χ3v) is 9.68. The van der Waals surface area contributed by atoms with Crippen LogP contribution in [0, 0.1) is 53.9 Å². The minimum absolute atomic E-state index is 0.00472. The van der Waals surface area contributed by atoms with E-state index in [0.29, 0.717) is 17.4 Å². The van der Waals surface area contributed by atoms with Crippen molar-refractivity contribution in [2.45, 2.75) is 77.3 Å². The molecule has 0 amide bonds. The molecule has 10 unspecified atom stereocenters. The van der Waals surface area contributed by atoms with Crippen molar-refractivity contribution < 1.29 is 0 Å². The Balaban J connectivity index is 1.77. The number of nitrogens with one attached hydrogen (secondary N) is 1. The van der Waals surface area contributed by atoms with E-state index in [9.17, 15) is 0 Å². The van der Waals surface area contributed by atoms with Gasteiger partial charge in [0.15, 0.2) is 0 Å². The van der Waals surface area contributed by atoms with Crippen molar-refractivity contribution in [2.24, 2.45) is 47.3 Å². The van der Waals surface area contributed by atoms with E-state index in [2.05, 4.69) is 44.9 Å². The number of hydrogen-bond acceptors (Lipinski definition) is 1. The van der Waals surface area contributed by atoms with Crippen LogP contribution in [-0.4, -0.2) is 18.1 Å². The first kappa shape index (κ1) is 16.9. The lowest BCUT2D eigenvalue weighted by atomic mass is 9.40. The van der Waals surface area contributed by atoms with E-state index >= 15 is 0 Å². The zero-order chi connectivity index (χ0) is 17.3. The standard InChI is InChI=1S/C22H37N2/c1-13-11-15-12-14(2)22(4,24-6)18-8-7-17-20(19(15)18)16(13)9-10-21(17,3)23-5/h6,13-20,23H,7-12H2,1-5H3/q+1. The summed E-state index contributed by atoms with van der Waals surface area (Å²) in [4.78, 5) is 4.53. The van der Waals surface area contributed by atoms with Crippen LogP contribution in [0.15, 0.2) is 0 Å². The van der Waals surface area contributed by atoms with Gasteiger partial charge < -0.3 is 5.32 Å². The minimum Gasteiger partial charge on any atom is -0.314 e. The molecule has 0 aromatic rings. The molecular formula is C22H37N2+. The number of rotatable bonds is 1. The first-order chi connectivity index (χ1) is 11.4. The van der Waals surface area contributed by atoms with E-state index in [1.165, 1.54) is 38.5 Å². The van der Waals surface area contributed by atoms with Gasteiger partial charge in [-0.3, -0.25) is 0 Å². The third kappa shape index (κ3) is 2.03. The summed E-state index contributed by atoms with van der Waals surface area (Å²) in [6.45, 7) is 15.8. The molecule has 0 heterocycles. The summed E-state index contributed by atoms with van der Waals surface area (Å²) in [5.41, 5.74) is 0.345. The molecule has 0 aromatic heterocycles. The monoisotopic (exact) mass is 329 g/mol. The molecule has 0 aromatic carbocycles. The first-order valence-electron chi connectivity index (χ1n) is 10.5. The third-order valence-electron chi connectivity index (χ3n) is 9.68. The lowest BCUT2D eigenvalue weighted by Gasteiger charge is -2.64. The van der Waals surface area contributed by atoms with Crippen molar-refractivity contribution in [3.63, 3.8) is 0 Å². The smallest absolute Gasteiger partial charge is 0.283 e. The summed E-state index contributed by atoms with van der Waals surface area (Å²) in [5.74, 6) is 6.73. The summed E-state index contributed by atoms with van der Waals surface area (Å²) >= 11 is 0. The van der Waals surface area contributed by atoms with Crippen LogP contribution < -0.4 is 5.32 Å². The second kappa shape index (κ2) is 5.47. The van der Waals surface area contributed by atoms with Gasteiger partial charge in [0.05, 0.1) is 0 Å². The predicted octanol–water partition coefficient (Wildman–Crippen LogP) is 5.05. The molecule has 0 bridgehead atoms. The van der Waals surface area contributed by atoms with Crippen LogP contribution >= 0.6 is 0 Å². The Morgan fingerprint density at radius 1 is 1.00 bits per heavy atom. The molecule has 4 aliphatic carbocycles. The van der Waals surface area contributed by atoms with Gasteiger partial charge in [-0.2, -0.15) is 0 Å². The molecule has 4 aliphatic rings. The van der Waals surface area contributed by atoms with Crippen LogP contribution in [0.25, 0.3) is 4.85 Å². The van der Waals surface area contributed by atoms with Gasteiger partial charge in [-0.25, -0.2) is 0 Å². The van der Waals surface area contributed by atoms with Gasteiger partial charge in [-0.05, 0) is 88.0 Å². The zero-order valence-electron chi connectivity index (χ0n) is 16.4. The molecule has 4 rings (SSSR count). The van der Waals surface area contributed by atoms with Gasteiger partial charge >= 0.3 is 0 Å². The quantitative estimate of drug-likeness (QED) is 0.712. The Kier molecular flexibility index (Phi) is 3.85. The van der Waals surface area contributed by atoms with E-state index < -0.39 is 0 Å². The molecule has 134 valence electrons. The van der Waals surface area contributed by atoms with E-state index in [-0.39, 0.29) is 5.54 Å². The lowest BCUT2D eigenvalue weighted by Crippen LogP contribution is -2.65. The molecule has 4 saturated carbocycles. The summed E-state index contributed by atoms with van der Waals surface area (Å²) in [6.07, 6.45) is 8.28. The van der Waals surface area contributed by atoms with E-state index in [0.717, 1.165) is 35.5 Å². The van der Waals surface area contributed by atoms with Gasteiger partial charge in [-0.15, -0.1) is 0 Å². The molecule has 1 N–H and O–H groups in total. The molecule has 0 spiro atoms. The normalized spacial score (nSPS) is 59.3. The summed E-state index contributed by atoms with van der Waals surface area (Å²) in [6, 6.07) is 0. The Hall–Kier alpha value is -0.550. The summed E-state index contributed by atoms with van der Waals surface area (Å²) in [7, 11) is 2.19. The van der Waals surface area contributed by atoms with E-state index in [1.807, 2.05) is 0 Å². The number of hydrogen-bond donors (Lipinski definition) is 1. The fourth-order valence-electron chi connectivity index (χ4n) is 8.09. The maximum atomic E-state index is 6.02. The fraction of sp³-hybridized carbons (Fsp3) is 0.955. The lowest BCUT2D eigenvalue weighted by molar-refractivity contribution is -0.147. The molecule has 10 atom stereocenters. The van der Waals surface area contributed by atoms with Gasteiger partial charge in [0.1, 0.15) is 0 Å². The van der Waals surface area contributed by atoms with Crippen LogP contribution in [0.4, 0.5) is 0 Å². The summed E-state index contributed by atoms with van der Waals surface area (Å²) < 4.78 is 0. The largest absolute Gasteiger partial charge is 0.314 e. The van der Waals surface area contributed by atoms with Crippen molar-refractivity contribution in [3.05, 3.63) is 4.85 Å². The topological polar surface area (TPSA) is 16.4 Å². The van der Waals surface area contributed by atoms with E-state index in [4.69, 9.17) is 6.57 Å². The SMILES string of the molecule is C#[N+]C1(C)C(C)CC2CC(C)C3CCC(C)(NC)C4CCC1C2C34. The molecule has 2 nitrogen and oxygen atoms in total. The zero-order valence-corrected chi connectivity index (χ0v) is 16.4. The van der Waals surface area contributed by atoms with Crippen molar-refractivity contribution in [2.75, 3.05) is 7.05 Å². The van der Waals surface area contributed by atoms with Gasteiger partial charge in [0, 0.05) is 24.3 Å². The predicted molar refractivity (Wildman–Crippen MR) is 101 cm³/mol. The maximum Gasteiger partial charge on any atom is 0.283 e. The van der Waals surface area contributed by atoms with Gasteiger partial charge in [0.2, 0.25) is 0 Å². The second-order valence-corrected chi connectivity index (χ2v) is 10.3. The van der Waals surface area contributed by atoms with Crippen molar-refractivity contribution in [1.82, 2.24) is 5.32 Å². The molecule has 0 saturated heterocycles. The van der Waals surface area contributed by atoms with Crippen LogP contribution in [0.3, 0.4) is 0 Å². The highest BCUT2D eigenvalue weighted by Crippen LogP contribution is 2.65. The molecular weight excluding hydrogens is 292 g/mol. The Morgan fingerprint density at radius 3 is 2.38 bits per heavy atom. The molecule has 0 radical (unpaired) electrons.